The van der Waals surface area contributed by atoms with Gasteiger partial charge < -0.3 is 5.32 Å². The molecule has 1 N–H and O–H groups in total. The number of carbonyl (C=O) groups is 1. The van der Waals surface area contributed by atoms with Crippen LogP contribution in [0.3, 0.4) is 0 Å². The minimum Gasteiger partial charge on any atom is -0.312 e. The smallest absolute Gasteiger partial charge is 0.163 e. The largest absolute Gasteiger partial charge is 0.312 e. The molecular weight excluding hydrogens is 210 g/mol. The van der Waals surface area contributed by atoms with Gasteiger partial charge in [-0.2, -0.15) is 0 Å². The summed E-state index contributed by atoms with van der Waals surface area (Å²) in [5, 5.41) is 3.35. The number of rotatable bonds is 4. The summed E-state index contributed by atoms with van der Waals surface area (Å²) in [5.74, 6) is 0.914. The summed E-state index contributed by atoms with van der Waals surface area (Å²) in [6, 6.07) is 6.13. The second-order valence-corrected chi connectivity index (χ2v) is 5.23. The number of hydrogen-bond donors (Lipinski definition) is 1. The van der Waals surface area contributed by atoms with Gasteiger partial charge in [0.15, 0.2) is 5.78 Å². The number of Topliss-reactive ketones (excluding diaryl/α,β-unsaturated/α-hetero) is 1. The Kier molecular flexibility index (Phi) is 3.95. The summed E-state index contributed by atoms with van der Waals surface area (Å²) >= 11 is 0. The third kappa shape index (κ3) is 2.95. The number of hydrogen-bond acceptors (Lipinski definition) is 2. The van der Waals surface area contributed by atoms with Gasteiger partial charge in [-0.25, -0.2) is 0 Å². The Morgan fingerprint density at radius 1 is 1.41 bits per heavy atom. The Labute approximate surface area is 103 Å². The maximum atomic E-state index is 12.2. The maximum absolute atomic E-state index is 12.2. The van der Waals surface area contributed by atoms with E-state index in [-0.39, 0.29) is 0 Å². The van der Waals surface area contributed by atoms with Gasteiger partial charge in [-0.1, -0.05) is 32.0 Å². The monoisotopic (exact) mass is 231 g/mol. The van der Waals surface area contributed by atoms with E-state index >= 15 is 0 Å². The van der Waals surface area contributed by atoms with Gasteiger partial charge in [-0.15, -0.1) is 0 Å². The summed E-state index contributed by atoms with van der Waals surface area (Å²) < 4.78 is 0. The zero-order valence-corrected chi connectivity index (χ0v) is 10.8. The fourth-order valence-corrected chi connectivity index (χ4v) is 2.35. The molecule has 2 heteroatoms. The second-order valence-electron chi connectivity index (χ2n) is 5.23. The van der Waals surface area contributed by atoms with Crippen LogP contribution in [0, 0.1) is 5.92 Å². The molecule has 0 spiro atoms. The van der Waals surface area contributed by atoms with E-state index in [4.69, 9.17) is 0 Å². The van der Waals surface area contributed by atoms with Crippen molar-refractivity contribution in [3.63, 3.8) is 0 Å². The van der Waals surface area contributed by atoms with Gasteiger partial charge in [0.1, 0.15) is 0 Å². The van der Waals surface area contributed by atoms with Gasteiger partial charge in [0.05, 0.1) is 0 Å². The van der Waals surface area contributed by atoms with Crippen LogP contribution < -0.4 is 5.32 Å². The van der Waals surface area contributed by atoms with Crippen LogP contribution in [-0.4, -0.2) is 12.3 Å². The first-order valence-corrected chi connectivity index (χ1v) is 6.53. The number of carbonyl (C=O) groups excluding carboxylic acids is 1. The number of nitrogens with one attached hydrogen (secondary N) is 1. The van der Waals surface area contributed by atoms with Crippen molar-refractivity contribution < 1.29 is 4.79 Å². The van der Waals surface area contributed by atoms with Crippen molar-refractivity contribution in [1.29, 1.82) is 0 Å². The Morgan fingerprint density at radius 3 is 3.00 bits per heavy atom. The van der Waals surface area contributed by atoms with Crippen molar-refractivity contribution >= 4 is 5.78 Å². The summed E-state index contributed by atoms with van der Waals surface area (Å²) in [7, 11) is 0. The van der Waals surface area contributed by atoms with E-state index in [0.717, 1.165) is 31.5 Å². The second kappa shape index (κ2) is 5.46. The van der Waals surface area contributed by atoms with Crippen LogP contribution in [0.1, 0.15) is 48.2 Å². The third-order valence-electron chi connectivity index (χ3n) is 3.39. The highest BCUT2D eigenvalue weighted by Gasteiger charge is 2.16. The molecule has 1 heterocycles. The van der Waals surface area contributed by atoms with E-state index in [9.17, 15) is 4.79 Å². The molecule has 0 saturated heterocycles. The Morgan fingerprint density at radius 2 is 2.24 bits per heavy atom. The van der Waals surface area contributed by atoms with Gasteiger partial charge in [-0.05, 0) is 36.4 Å². The topological polar surface area (TPSA) is 29.1 Å². The highest BCUT2D eigenvalue weighted by molar-refractivity contribution is 5.97. The molecule has 0 radical (unpaired) electrons. The van der Waals surface area contributed by atoms with Gasteiger partial charge in [-0.3, -0.25) is 4.79 Å². The standard InChI is InChI=1S/C15H21NO/c1-11(2)6-7-15(17)14-5-3-4-12-10-16-9-8-13(12)14/h3-5,11,16H,6-10H2,1-2H3. The van der Waals surface area contributed by atoms with Gasteiger partial charge >= 0.3 is 0 Å². The van der Waals surface area contributed by atoms with Crippen molar-refractivity contribution in [2.75, 3.05) is 6.54 Å². The van der Waals surface area contributed by atoms with Crippen molar-refractivity contribution in [2.45, 2.75) is 39.7 Å². The molecule has 0 bridgehead atoms. The predicted molar refractivity (Wildman–Crippen MR) is 70.3 cm³/mol. The van der Waals surface area contributed by atoms with Gasteiger partial charge in [0.2, 0.25) is 0 Å². The highest BCUT2D eigenvalue weighted by atomic mass is 16.1. The van der Waals surface area contributed by atoms with Crippen LogP contribution in [0.25, 0.3) is 0 Å². The van der Waals surface area contributed by atoms with E-state index in [1.165, 1.54) is 11.1 Å². The molecule has 92 valence electrons. The van der Waals surface area contributed by atoms with Crippen LogP contribution in [0.2, 0.25) is 0 Å². The summed E-state index contributed by atoms with van der Waals surface area (Å²) in [6.45, 7) is 6.22. The van der Waals surface area contributed by atoms with Crippen LogP contribution in [-0.2, 0) is 13.0 Å². The summed E-state index contributed by atoms with van der Waals surface area (Å²) in [5.41, 5.74) is 3.54. The lowest BCUT2D eigenvalue weighted by atomic mass is 9.91. The summed E-state index contributed by atoms with van der Waals surface area (Å²) in [6.07, 6.45) is 2.65. The lowest BCUT2D eigenvalue weighted by molar-refractivity contribution is 0.0974. The Hall–Kier alpha value is -1.15. The molecule has 0 aliphatic carbocycles. The quantitative estimate of drug-likeness (QED) is 0.807. The molecule has 0 amide bonds. The molecule has 1 aromatic rings. The normalized spacial score (nSPS) is 14.8. The Bertz CT molecular complexity index is 409. The van der Waals surface area contributed by atoms with E-state index in [0.29, 0.717) is 18.1 Å². The minimum absolute atomic E-state index is 0.317. The zero-order valence-electron chi connectivity index (χ0n) is 10.8. The Balaban J connectivity index is 2.17. The number of fused-ring (bicyclic) bond motifs is 1. The van der Waals surface area contributed by atoms with Gasteiger partial charge in [0, 0.05) is 18.5 Å². The van der Waals surface area contributed by atoms with Crippen LogP contribution in [0.15, 0.2) is 18.2 Å². The molecular formula is C15H21NO. The summed E-state index contributed by atoms with van der Waals surface area (Å²) in [4.78, 5) is 12.2. The fraction of sp³-hybridized carbons (Fsp3) is 0.533. The predicted octanol–water partition coefficient (Wildman–Crippen LogP) is 2.95. The first kappa shape index (κ1) is 12.3. The van der Waals surface area contributed by atoms with E-state index in [2.05, 4.69) is 25.2 Å². The van der Waals surface area contributed by atoms with Crippen molar-refractivity contribution in [1.82, 2.24) is 5.32 Å². The van der Waals surface area contributed by atoms with E-state index in [1.807, 2.05) is 12.1 Å². The van der Waals surface area contributed by atoms with Crippen molar-refractivity contribution in [3.05, 3.63) is 34.9 Å². The van der Waals surface area contributed by atoms with Crippen molar-refractivity contribution in [3.8, 4) is 0 Å². The zero-order chi connectivity index (χ0) is 12.3. The molecule has 0 aromatic heterocycles. The van der Waals surface area contributed by atoms with Crippen LogP contribution >= 0.6 is 0 Å². The van der Waals surface area contributed by atoms with Gasteiger partial charge in [0.25, 0.3) is 0 Å². The van der Waals surface area contributed by atoms with Crippen molar-refractivity contribution in [2.24, 2.45) is 5.92 Å². The fourth-order valence-electron chi connectivity index (χ4n) is 2.35. The van der Waals surface area contributed by atoms with Crippen LogP contribution in [0.5, 0.6) is 0 Å². The SMILES string of the molecule is CC(C)CCC(=O)c1cccc2c1CCNC2. The molecule has 17 heavy (non-hydrogen) atoms. The molecule has 1 aliphatic heterocycles. The third-order valence-corrected chi connectivity index (χ3v) is 3.39. The van der Waals surface area contributed by atoms with E-state index < -0.39 is 0 Å². The lowest BCUT2D eigenvalue weighted by Gasteiger charge is -2.19. The molecule has 2 rings (SSSR count). The molecule has 1 aliphatic rings. The first-order chi connectivity index (χ1) is 8.18. The van der Waals surface area contributed by atoms with E-state index in [1.54, 1.807) is 0 Å². The minimum atomic E-state index is 0.317. The highest BCUT2D eigenvalue weighted by Crippen LogP contribution is 2.21. The average molecular weight is 231 g/mol. The number of ketones is 1. The van der Waals surface area contributed by atoms with Crippen LogP contribution in [0.4, 0.5) is 0 Å². The molecule has 0 atom stereocenters. The lowest BCUT2D eigenvalue weighted by Crippen LogP contribution is -2.25. The maximum Gasteiger partial charge on any atom is 0.163 e. The molecule has 0 saturated carbocycles. The first-order valence-electron chi connectivity index (χ1n) is 6.53. The molecule has 1 aromatic carbocycles. The average Bonchev–Trinajstić information content (AvgIpc) is 2.35. The molecule has 2 nitrogen and oxygen atoms in total. The molecule has 0 fully saturated rings. The molecule has 0 unspecified atom stereocenters. The number of benzene rings is 1.